The summed E-state index contributed by atoms with van der Waals surface area (Å²) in [6.07, 6.45) is 5.80. The van der Waals surface area contributed by atoms with E-state index in [1.54, 1.807) is 18.5 Å². The number of nitrogens with zero attached hydrogens (tertiary/aromatic N) is 2. The Hall–Kier alpha value is -3.95. The monoisotopic (exact) mass is 474 g/mol. The zero-order valence-electron chi connectivity index (χ0n) is 19.3. The number of ketones is 1. The van der Waals surface area contributed by atoms with Gasteiger partial charge in [-0.2, -0.15) is 0 Å². The summed E-state index contributed by atoms with van der Waals surface area (Å²) in [4.78, 5) is 34.4. The Morgan fingerprint density at radius 1 is 1.29 bits per heavy atom. The van der Waals surface area contributed by atoms with Crippen LogP contribution in [0.4, 0.5) is 5.69 Å². The lowest BCUT2D eigenvalue weighted by atomic mass is 10.1. The number of rotatable bonds is 7. The van der Waals surface area contributed by atoms with Crippen molar-refractivity contribution in [2.24, 2.45) is 0 Å². The molecule has 9 heteroatoms. The number of aliphatic carboxylic acids is 1. The van der Waals surface area contributed by atoms with E-state index in [-0.39, 0.29) is 11.6 Å². The molecule has 0 unspecified atom stereocenters. The van der Waals surface area contributed by atoms with E-state index in [4.69, 9.17) is 9.47 Å². The normalized spacial score (nSPS) is 17.9. The lowest BCUT2D eigenvalue weighted by molar-refractivity contribution is -0.134. The lowest BCUT2D eigenvalue weighted by Gasteiger charge is -2.26. The number of aromatic amines is 1. The molecule has 3 aromatic rings. The maximum atomic E-state index is 12.9. The van der Waals surface area contributed by atoms with Crippen molar-refractivity contribution >= 4 is 34.5 Å². The fraction of sp³-hybridized carbons (Fsp3) is 0.269. The Morgan fingerprint density at radius 3 is 2.89 bits per heavy atom. The van der Waals surface area contributed by atoms with Crippen molar-refractivity contribution in [1.82, 2.24) is 14.9 Å². The number of nitrogens with one attached hydrogen (secondary N) is 2. The molecule has 4 heterocycles. The molecule has 1 fully saturated rings. The van der Waals surface area contributed by atoms with Crippen LogP contribution in [0.5, 0.6) is 0 Å². The van der Waals surface area contributed by atoms with E-state index < -0.39 is 17.3 Å². The van der Waals surface area contributed by atoms with Crippen LogP contribution in [0, 0.1) is 6.92 Å². The summed E-state index contributed by atoms with van der Waals surface area (Å²) < 4.78 is 11.1. The van der Waals surface area contributed by atoms with Gasteiger partial charge in [-0.25, -0.2) is 9.78 Å². The second-order valence-corrected chi connectivity index (χ2v) is 8.57. The van der Waals surface area contributed by atoms with E-state index in [0.29, 0.717) is 16.9 Å². The molecule has 0 amide bonds. The lowest BCUT2D eigenvalue weighted by Crippen LogP contribution is -2.37. The van der Waals surface area contributed by atoms with Gasteiger partial charge in [-0.05, 0) is 48.7 Å². The van der Waals surface area contributed by atoms with Crippen LogP contribution in [0.15, 0.2) is 59.9 Å². The van der Waals surface area contributed by atoms with Gasteiger partial charge in [0.25, 0.3) is 0 Å². The molecular formula is C26H26N4O5. The number of hydrogen-bond donors (Lipinski definition) is 3. The summed E-state index contributed by atoms with van der Waals surface area (Å²) in [6, 6.07) is 9.60. The van der Waals surface area contributed by atoms with Gasteiger partial charge in [-0.1, -0.05) is 12.1 Å². The molecule has 2 aliphatic heterocycles. The Labute approximate surface area is 202 Å². The summed E-state index contributed by atoms with van der Waals surface area (Å²) >= 11 is 0. The molecule has 0 radical (unpaired) electrons. The van der Waals surface area contributed by atoms with E-state index in [1.165, 1.54) is 11.6 Å². The van der Waals surface area contributed by atoms with Crippen molar-refractivity contribution in [1.29, 1.82) is 0 Å². The molecule has 1 aromatic carbocycles. The average molecular weight is 475 g/mol. The number of ether oxygens (including phenoxy) is 2. The number of benzene rings is 1. The van der Waals surface area contributed by atoms with Gasteiger partial charge in [0, 0.05) is 48.7 Å². The van der Waals surface area contributed by atoms with Crippen LogP contribution in [-0.2, 0) is 25.5 Å². The summed E-state index contributed by atoms with van der Waals surface area (Å²) in [5, 5.41) is 13.5. The molecule has 0 saturated carbocycles. The van der Waals surface area contributed by atoms with E-state index in [0.717, 1.165) is 50.2 Å². The summed E-state index contributed by atoms with van der Waals surface area (Å²) in [5.74, 6) is -2.18. The number of anilines is 1. The zero-order valence-corrected chi connectivity index (χ0v) is 19.3. The molecule has 0 spiro atoms. The Morgan fingerprint density at radius 2 is 2.11 bits per heavy atom. The van der Waals surface area contributed by atoms with E-state index in [1.807, 2.05) is 25.1 Å². The number of carbonyl (C=O) groups excluding carboxylic acids is 1. The number of aryl methyl sites for hydroxylation is 1. The Kier molecular flexibility index (Phi) is 6.35. The van der Waals surface area contributed by atoms with Gasteiger partial charge in [0.2, 0.25) is 11.7 Å². The molecule has 0 bridgehead atoms. The first-order valence-corrected chi connectivity index (χ1v) is 11.5. The van der Waals surface area contributed by atoms with Crippen molar-refractivity contribution in [3.8, 4) is 0 Å². The van der Waals surface area contributed by atoms with Gasteiger partial charge in [-0.3, -0.25) is 9.69 Å². The first kappa shape index (κ1) is 22.8. The molecule has 180 valence electrons. The third kappa shape index (κ3) is 4.82. The number of carboxylic acid groups (broad SMARTS) is 1. The third-order valence-corrected chi connectivity index (χ3v) is 6.23. The van der Waals surface area contributed by atoms with Gasteiger partial charge >= 0.3 is 5.97 Å². The van der Waals surface area contributed by atoms with Crippen LogP contribution >= 0.6 is 0 Å². The summed E-state index contributed by atoms with van der Waals surface area (Å²) in [6.45, 7) is 6.33. The molecule has 2 aromatic heterocycles. The van der Waals surface area contributed by atoms with Gasteiger partial charge in [-0.15, -0.1) is 0 Å². The van der Waals surface area contributed by atoms with E-state index in [2.05, 4.69) is 26.3 Å². The highest BCUT2D eigenvalue weighted by atomic mass is 16.5. The minimum atomic E-state index is -1.35. The van der Waals surface area contributed by atoms with Crippen LogP contribution in [0.25, 0.3) is 17.1 Å². The number of fused-ring (bicyclic) bond motifs is 1. The second-order valence-electron chi connectivity index (χ2n) is 8.57. The fourth-order valence-electron chi connectivity index (χ4n) is 4.30. The quantitative estimate of drug-likeness (QED) is 0.353. The van der Waals surface area contributed by atoms with Crippen molar-refractivity contribution in [3.05, 3.63) is 76.6 Å². The Balaban J connectivity index is 1.33. The van der Waals surface area contributed by atoms with Gasteiger partial charge in [0.15, 0.2) is 11.3 Å². The smallest absolute Gasteiger partial charge is 0.345 e. The highest BCUT2D eigenvalue weighted by Gasteiger charge is 2.36. The molecule has 5 rings (SSSR count). The van der Waals surface area contributed by atoms with Crippen molar-refractivity contribution in [2.45, 2.75) is 13.3 Å². The van der Waals surface area contributed by atoms with Crippen molar-refractivity contribution < 1.29 is 24.2 Å². The second kappa shape index (κ2) is 9.73. The summed E-state index contributed by atoms with van der Waals surface area (Å²) in [5.41, 5.74) is 3.72. The number of allylic oxidation sites excluding steroid dienone is 1. The highest BCUT2D eigenvalue weighted by molar-refractivity contribution is 6.26. The third-order valence-electron chi connectivity index (χ3n) is 6.23. The van der Waals surface area contributed by atoms with Crippen LogP contribution in [-0.4, -0.2) is 64.6 Å². The summed E-state index contributed by atoms with van der Waals surface area (Å²) in [7, 11) is 0. The molecule has 3 N–H and O–H groups in total. The van der Waals surface area contributed by atoms with Crippen LogP contribution < -0.4 is 5.32 Å². The first-order valence-electron chi connectivity index (χ1n) is 11.5. The predicted molar refractivity (Wildman–Crippen MR) is 131 cm³/mol. The number of carbonyl (C=O) groups is 2. The average Bonchev–Trinajstić information content (AvgIpc) is 3.40. The molecule has 35 heavy (non-hydrogen) atoms. The number of Topliss-reactive ketones (excluding diaryl/α,β-unsaturated/α-hetero) is 1. The maximum absolute atomic E-state index is 12.9. The standard InChI is InChI=1S/C26H26N4O5/c1-16-13-17(6-8-30-9-11-34-12-10-30)4-5-20(16)29-25-22(26(32)33)23(31)21(35-25)14-18-15-28-24-19(18)3-2-7-27-24/h2-5,7,13-15,29H,6,8-12H2,1H3,(H,27,28)(H,32,33)/b21-14-. The minimum Gasteiger partial charge on any atom is -0.477 e. The van der Waals surface area contributed by atoms with E-state index in [9.17, 15) is 14.7 Å². The number of carboxylic acids is 1. The number of aromatic nitrogens is 2. The van der Waals surface area contributed by atoms with Gasteiger partial charge in [0.1, 0.15) is 5.65 Å². The molecular weight excluding hydrogens is 448 g/mol. The first-order chi connectivity index (χ1) is 17.0. The molecule has 9 nitrogen and oxygen atoms in total. The number of hydrogen-bond acceptors (Lipinski definition) is 7. The fourth-order valence-corrected chi connectivity index (χ4v) is 4.30. The molecule has 1 saturated heterocycles. The zero-order chi connectivity index (χ0) is 24.4. The van der Waals surface area contributed by atoms with Gasteiger partial charge < -0.3 is 24.9 Å². The maximum Gasteiger partial charge on any atom is 0.345 e. The highest BCUT2D eigenvalue weighted by Crippen LogP contribution is 2.30. The number of H-pyrrole nitrogens is 1. The van der Waals surface area contributed by atoms with Gasteiger partial charge in [0.05, 0.1) is 13.2 Å². The number of morpholine rings is 1. The minimum absolute atomic E-state index is 0.0607. The topological polar surface area (TPSA) is 117 Å². The predicted octanol–water partition coefficient (Wildman–Crippen LogP) is 3.09. The van der Waals surface area contributed by atoms with E-state index >= 15 is 0 Å². The van der Waals surface area contributed by atoms with Crippen LogP contribution in [0.2, 0.25) is 0 Å². The van der Waals surface area contributed by atoms with Crippen molar-refractivity contribution in [3.63, 3.8) is 0 Å². The van der Waals surface area contributed by atoms with Crippen LogP contribution in [0.1, 0.15) is 16.7 Å². The Bertz CT molecular complexity index is 1350. The largest absolute Gasteiger partial charge is 0.477 e. The molecule has 0 atom stereocenters. The molecule has 0 aliphatic carbocycles. The SMILES string of the molecule is Cc1cc(CCN2CCOCC2)ccc1NC1=C(C(=O)O)C(=O)/C(=C/c2c[nH]c3ncccc23)O1. The molecule has 2 aliphatic rings. The number of pyridine rings is 1. The van der Waals surface area contributed by atoms with Crippen molar-refractivity contribution in [2.75, 3.05) is 38.2 Å². The van der Waals surface area contributed by atoms with Crippen LogP contribution in [0.3, 0.4) is 0 Å².